The molecule has 0 unspecified atom stereocenters. The van der Waals surface area contributed by atoms with Crippen LogP contribution in [0.2, 0.25) is 0 Å². The van der Waals surface area contributed by atoms with E-state index in [4.69, 9.17) is 4.42 Å². The first-order valence-corrected chi connectivity index (χ1v) is 6.56. The summed E-state index contributed by atoms with van der Waals surface area (Å²) in [6.07, 6.45) is 1.34. The topological polar surface area (TPSA) is 66.4 Å². The molecule has 90 valence electrons. The van der Waals surface area contributed by atoms with Gasteiger partial charge in [-0.05, 0) is 12.1 Å². The van der Waals surface area contributed by atoms with Gasteiger partial charge in [0.1, 0.15) is 5.52 Å². The first kappa shape index (κ1) is 10.5. The molecule has 1 aliphatic heterocycles. The van der Waals surface area contributed by atoms with Gasteiger partial charge in [0, 0.05) is 26.2 Å². The third kappa shape index (κ3) is 1.67. The normalized spacial score (nSPS) is 16.3. The van der Waals surface area contributed by atoms with Crippen molar-refractivity contribution >= 4 is 27.0 Å². The number of rotatable bonds is 3. The molecule has 6 nitrogen and oxygen atoms in total. The maximum atomic E-state index is 12.0. The number of fused-ring (bicyclic) bond motifs is 1. The monoisotopic (exact) mass is 253 g/mol. The van der Waals surface area contributed by atoms with Crippen LogP contribution in [0.5, 0.6) is 0 Å². The zero-order valence-corrected chi connectivity index (χ0v) is 10.0. The van der Waals surface area contributed by atoms with E-state index < -0.39 is 10.2 Å². The van der Waals surface area contributed by atoms with Crippen molar-refractivity contribution in [2.45, 2.75) is 0 Å². The highest BCUT2D eigenvalue weighted by Crippen LogP contribution is 2.25. The summed E-state index contributed by atoms with van der Waals surface area (Å²) in [4.78, 5) is 3.98. The summed E-state index contributed by atoms with van der Waals surface area (Å²) >= 11 is 0. The predicted octanol–water partition coefficient (Wildman–Crippen LogP) is 0.824. The molecule has 0 saturated carbocycles. The average Bonchev–Trinajstić information content (AvgIpc) is 3.07. The average molecular weight is 253 g/mol. The smallest absolute Gasteiger partial charge is 0.303 e. The molecule has 0 spiro atoms. The van der Waals surface area contributed by atoms with E-state index in [0.29, 0.717) is 29.9 Å². The van der Waals surface area contributed by atoms with Crippen LogP contribution in [0, 0.1) is 0 Å². The molecule has 1 fully saturated rings. The summed E-state index contributed by atoms with van der Waals surface area (Å²) in [5, 5.41) is 0. The molecule has 1 aromatic carbocycles. The van der Waals surface area contributed by atoms with E-state index in [0.717, 1.165) is 0 Å². The lowest BCUT2D eigenvalue weighted by Gasteiger charge is -2.19. The Bertz CT molecular complexity index is 660. The molecule has 2 aromatic rings. The number of benzene rings is 1. The molecule has 3 rings (SSSR count). The van der Waals surface area contributed by atoms with Gasteiger partial charge in [-0.2, -0.15) is 12.7 Å². The molecular formula is C10H11N3O3S. The molecule has 1 saturated heterocycles. The van der Waals surface area contributed by atoms with Gasteiger partial charge in [0.2, 0.25) is 0 Å². The van der Waals surface area contributed by atoms with Crippen LogP contribution in [-0.4, -0.2) is 37.8 Å². The van der Waals surface area contributed by atoms with E-state index in [1.165, 1.54) is 22.1 Å². The SMILES string of the molecule is CN(c1ccc2ncoc2c1)S(=O)(=O)N1CC1. The van der Waals surface area contributed by atoms with Crippen molar-refractivity contribution in [3.63, 3.8) is 0 Å². The van der Waals surface area contributed by atoms with Crippen molar-refractivity contribution in [1.29, 1.82) is 0 Å². The third-order valence-corrected chi connectivity index (χ3v) is 4.68. The number of nitrogens with zero attached hydrogens (tertiary/aromatic N) is 3. The summed E-state index contributed by atoms with van der Waals surface area (Å²) in [6, 6.07) is 5.12. The van der Waals surface area contributed by atoms with Crippen molar-refractivity contribution < 1.29 is 12.8 Å². The van der Waals surface area contributed by atoms with Crippen LogP contribution in [0.25, 0.3) is 11.1 Å². The summed E-state index contributed by atoms with van der Waals surface area (Å²) in [5.41, 5.74) is 1.86. The van der Waals surface area contributed by atoms with Crippen molar-refractivity contribution in [2.24, 2.45) is 0 Å². The minimum Gasteiger partial charge on any atom is -0.443 e. The molecule has 0 N–H and O–H groups in total. The van der Waals surface area contributed by atoms with Crippen molar-refractivity contribution in [3.8, 4) is 0 Å². The summed E-state index contributed by atoms with van der Waals surface area (Å²) < 4.78 is 31.8. The lowest BCUT2D eigenvalue weighted by Crippen LogP contribution is -2.32. The van der Waals surface area contributed by atoms with Gasteiger partial charge >= 0.3 is 10.2 Å². The van der Waals surface area contributed by atoms with Crippen LogP contribution in [0.4, 0.5) is 5.69 Å². The second-order valence-corrected chi connectivity index (χ2v) is 5.84. The van der Waals surface area contributed by atoms with Crippen LogP contribution < -0.4 is 4.31 Å². The molecule has 2 heterocycles. The van der Waals surface area contributed by atoms with Crippen LogP contribution >= 0.6 is 0 Å². The second-order valence-electron chi connectivity index (χ2n) is 3.88. The van der Waals surface area contributed by atoms with Gasteiger partial charge in [0.15, 0.2) is 12.0 Å². The van der Waals surface area contributed by atoms with Crippen LogP contribution in [0.15, 0.2) is 29.0 Å². The molecule has 0 atom stereocenters. The van der Waals surface area contributed by atoms with Crippen LogP contribution in [0.3, 0.4) is 0 Å². The number of aromatic nitrogens is 1. The summed E-state index contributed by atoms with van der Waals surface area (Å²) in [5.74, 6) is 0. The summed E-state index contributed by atoms with van der Waals surface area (Å²) in [6.45, 7) is 1.19. The Morgan fingerprint density at radius 3 is 2.88 bits per heavy atom. The lowest BCUT2D eigenvalue weighted by atomic mass is 10.3. The van der Waals surface area contributed by atoms with Gasteiger partial charge in [-0.25, -0.2) is 4.98 Å². The lowest BCUT2D eigenvalue weighted by molar-refractivity contribution is 0.561. The fourth-order valence-electron chi connectivity index (χ4n) is 1.62. The number of hydrogen-bond acceptors (Lipinski definition) is 4. The first-order valence-electron chi connectivity index (χ1n) is 5.16. The molecule has 0 radical (unpaired) electrons. The Hall–Kier alpha value is -1.60. The van der Waals surface area contributed by atoms with Crippen molar-refractivity contribution in [1.82, 2.24) is 9.29 Å². The highest BCUT2D eigenvalue weighted by Gasteiger charge is 2.35. The fourth-order valence-corrected chi connectivity index (χ4v) is 2.89. The highest BCUT2D eigenvalue weighted by atomic mass is 32.2. The van der Waals surface area contributed by atoms with Crippen LogP contribution in [-0.2, 0) is 10.2 Å². The second kappa shape index (κ2) is 3.44. The van der Waals surface area contributed by atoms with E-state index in [2.05, 4.69) is 4.98 Å². The zero-order chi connectivity index (χ0) is 12.0. The van der Waals surface area contributed by atoms with Crippen molar-refractivity contribution in [3.05, 3.63) is 24.6 Å². The minimum absolute atomic E-state index is 0.571. The predicted molar refractivity (Wildman–Crippen MR) is 62.9 cm³/mol. The largest absolute Gasteiger partial charge is 0.443 e. The van der Waals surface area contributed by atoms with E-state index in [9.17, 15) is 8.42 Å². The van der Waals surface area contributed by atoms with Gasteiger partial charge in [-0.3, -0.25) is 4.31 Å². The van der Waals surface area contributed by atoms with Gasteiger partial charge in [0.25, 0.3) is 0 Å². The fraction of sp³-hybridized carbons (Fsp3) is 0.300. The van der Waals surface area contributed by atoms with Gasteiger partial charge in [0.05, 0.1) is 5.69 Å². The first-order chi connectivity index (χ1) is 8.09. The molecule has 7 heteroatoms. The number of anilines is 1. The molecule has 0 aliphatic carbocycles. The van der Waals surface area contributed by atoms with E-state index in [1.54, 1.807) is 18.2 Å². The summed E-state index contributed by atoms with van der Waals surface area (Å²) in [7, 11) is -1.83. The van der Waals surface area contributed by atoms with Gasteiger partial charge in [-0.1, -0.05) is 0 Å². The molecule has 17 heavy (non-hydrogen) atoms. The Labute approximate surface area is 98.6 Å². The van der Waals surface area contributed by atoms with Gasteiger partial charge < -0.3 is 4.42 Å². The molecule has 0 bridgehead atoms. The molecule has 0 amide bonds. The molecule has 1 aliphatic rings. The quantitative estimate of drug-likeness (QED) is 0.760. The Morgan fingerprint density at radius 1 is 1.41 bits per heavy atom. The Morgan fingerprint density at radius 2 is 2.18 bits per heavy atom. The Balaban J connectivity index is 2.02. The van der Waals surface area contributed by atoms with E-state index in [1.807, 2.05) is 0 Å². The van der Waals surface area contributed by atoms with Crippen molar-refractivity contribution in [2.75, 3.05) is 24.4 Å². The standard InChI is InChI=1S/C10H11N3O3S/c1-12(17(14,15)13-4-5-13)8-2-3-9-10(6-8)16-7-11-9/h2-3,6-7H,4-5H2,1H3. The van der Waals surface area contributed by atoms with E-state index in [-0.39, 0.29) is 0 Å². The Kier molecular flexibility index (Phi) is 2.14. The van der Waals surface area contributed by atoms with Crippen LogP contribution in [0.1, 0.15) is 0 Å². The third-order valence-electron chi connectivity index (χ3n) is 2.76. The van der Waals surface area contributed by atoms with Gasteiger partial charge in [-0.15, -0.1) is 0 Å². The molecule has 1 aromatic heterocycles. The maximum absolute atomic E-state index is 12.0. The highest BCUT2D eigenvalue weighted by molar-refractivity contribution is 7.90. The zero-order valence-electron chi connectivity index (χ0n) is 9.20. The maximum Gasteiger partial charge on any atom is 0.303 e. The molecular weight excluding hydrogens is 242 g/mol. The minimum atomic E-state index is -3.37. The number of hydrogen-bond donors (Lipinski definition) is 0. The number of oxazole rings is 1. The van der Waals surface area contributed by atoms with E-state index >= 15 is 0 Å².